The van der Waals surface area contributed by atoms with Gasteiger partial charge in [-0.1, -0.05) is 66.7 Å². The van der Waals surface area contributed by atoms with E-state index in [9.17, 15) is 18.0 Å². The van der Waals surface area contributed by atoms with Crippen LogP contribution in [0.1, 0.15) is 31.9 Å². The Bertz CT molecular complexity index is 1050. The van der Waals surface area contributed by atoms with E-state index in [1.165, 1.54) is 6.08 Å². The van der Waals surface area contributed by atoms with Crippen molar-refractivity contribution in [1.29, 1.82) is 0 Å². The van der Waals surface area contributed by atoms with Crippen molar-refractivity contribution in [3.8, 4) is 0 Å². The number of ether oxygens (including phenoxy) is 1. The normalized spacial score (nSPS) is 13.8. The highest BCUT2D eigenvalue weighted by Gasteiger charge is 2.26. The summed E-state index contributed by atoms with van der Waals surface area (Å²) in [5, 5.41) is 6.59. The maximum atomic E-state index is 13.2. The molecular formula is C25H32N2O5S. The average Bonchev–Trinajstić information content (AvgIpc) is 2.71. The maximum absolute atomic E-state index is 13.2. The molecule has 2 aromatic rings. The second-order valence-corrected chi connectivity index (χ2v) is 10.8. The lowest BCUT2D eigenvalue weighted by Gasteiger charge is -2.25. The molecule has 0 bridgehead atoms. The molecule has 0 aromatic heterocycles. The third kappa shape index (κ3) is 10.8. The van der Waals surface area contributed by atoms with Crippen LogP contribution >= 0.6 is 0 Å². The monoisotopic (exact) mass is 472 g/mol. The number of benzene rings is 2. The minimum absolute atomic E-state index is 0.250. The van der Waals surface area contributed by atoms with E-state index in [-0.39, 0.29) is 6.42 Å². The number of carbonyl (C=O) groups excluding carboxylic acids is 2. The number of nitrogens with one attached hydrogen (secondary N) is 2. The van der Waals surface area contributed by atoms with E-state index in [1.54, 1.807) is 20.8 Å². The lowest BCUT2D eigenvalue weighted by Crippen LogP contribution is -2.51. The first-order chi connectivity index (χ1) is 15.4. The third-order valence-corrected chi connectivity index (χ3v) is 5.13. The van der Waals surface area contributed by atoms with Gasteiger partial charge in [-0.2, -0.15) is 0 Å². The van der Waals surface area contributed by atoms with Crippen LogP contribution in [-0.2, 0) is 32.2 Å². The fourth-order valence-electron chi connectivity index (χ4n) is 3.06. The zero-order valence-corrected chi connectivity index (χ0v) is 20.3. The highest BCUT2D eigenvalue weighted by molar-refractivity contribution is 7.93. The van der Waals surface area contributed by atoms with Crippen LogP contribution in [0.3, 0.4) is 0 Å². The van der Waals surface area contributed by atoms with Crippen LogP contribution in [0.25, 0.3) is 0 Å². The zero-order chi connectivity index (χ0) is 24.5. The van der Waals surface area contributed by atoms with Gasteiger partial charge < -0.3 is 15.4 Å². The number of carbonyl (C=O) groups is 2. The Morgan fingerprint density at radius 3 is 1.91 bits per heavy atom. The molecule has 0 aliphatic carbocycles. The molecule has 2 amide bonds. The Morgan fingerprint density at radius 1 is 0.909 bits per heavy atom. The van der Waals surface area contributed by atoms with E-state index in [1.807, 2.05) is 60.7 Å². The Hall–Kier alpha value is -3.13. The van der Waals surface area contributed by atoms with Crippen LogP contribution in [0.2, 0.25) is 0 Å². The van der Waals surface area contributed by atoms with E-state index < -0.39 is 39.5 Å². The van der Waals surface area contributed by atoms with Crippen molar-refractivity contribution in [3.63, 3.8) is 0 Å². The summed E-state index contributed by atoms with van der Waals surface area (Å²) in [4.78, 5) is 25.6. The minimum Gasteiger partial charge on any atom is -0.444 e. The Labute approximate surface area is 196 Å². The summed E-state index contributed by atoms with van der Waals surface area (Å²) in [5.74, 6) is -0.441. The molecule has 178 valence electrons. The van der Waals surface area contributed by atoms with Gasteiger partial charge in [-0.05, 0) is 38.3 Å². The molecular weight excluding hydrogens is 440 g/mol. The lowest BCUT2D eigenvalue weighted by molar-refractivity contribution is -0.123. The summed E-state index contributed by atoms with van der Waals surface area (Å²) in [6.07, 6.45) is 2.48. The van der Waals surface area contributed by atoms with Gasteiger partial charge in [-0.25, -0.2) is 13.2 Å². The van der Waals surface area contributed by atoms with Gasteiger partial charge >= 0.3 is 6.09 Å². The molecule has 2 aromatic carbocycles. The number of sulfone groups is 1. The van der Waals surface area contributed by atoms with Gasteiger partial charge in [0.2, 0.25) is 5.91 Å². The molecule has 0 saturated carbocycles. The Balaban J connectivity index is 2.23. The number of amides is 2. The number of rotatable bonds is 9. The van der Waals surface area contributed by atoms with Crippen molar-refractivity contribution >= 4 is 21.8 Å². The summed E-state index contributed by atoms with van der Waals surface area (Å²) < 4.78 is 28.6. The molecule has 2 atom stereocenters. The smallest absolute Gasteiger partial charge is 0.408 e. The summed E-state index contributed by atoms with van der Waals surface area (Å²) in [6, 6.07) is 17.2. The SMILES string of the molecule is CC(C)(C)OC(=O)NC(Cc1ccccc1)C(=O)NC(/C=C/S(C)(=O)=O)Cc1ccccc1. The van der Waals surface area contributed by atoms with Gasteiger partial charge in [-0.3, -0.25) is 4.79 Å². The highest BCUT2D eigenvalue weighted by Crippen LogP contribution is 2.10. The fraction of sp³-hybridized carbons (Fsp3) is 0.360. The first-order valence-electron chi connectivity index (χ1n) is 10.7. The minimum atomic E-state index is -3.38. The molecule has 33 heavy (non-hydrogen) atoms. The Morgan fingerprint density at radius 2 is 1.42 bits per heavy atom. The van der Waals surface area contributed by atoms with Crippen molar-refractivity contribution < 1.29 is 22.7 Å². The van der Waals surface area contributed by atoms with Crippen LogP contribution in [-0.4, -0.2) is 44.4 Å². The summed E-state index contributed by atoms with van der Waals surface area (Å²) >= 11 is 0. The van der Waals surface area contributed by atoms with Crippen LogP contribution in [0, 0.1) is 0 Å². The van der Waals surface area contributed by atoms with Gasteiger partial charge in [-0.15, -0.1) is 0 Å². The molecule has 0 aliphatic rings. The molecule has 0 fully saturated rings. The van der Waals surface area contributed by atoms with Crippen molar-refractivity contribution in [2.75, 3.05) is 6.26 Å². The second kappa shape index (κ2) is 11.7. The molecule has 7 nitrogen and oxygen atoms in total. The number of hydrogen-bond donors (Lipinski definition) is 2. The standard InChI is InChI=1S/C25H32N2O5S/c1-25(2,3)32-24(29)27-22(18-20-13-9-6-10-14-20)23(28)26-21(15-16-33(4,30)31)17-19-11-7-5-8-12-19/h5-16,21-22H,17-18H2,1-4H3,(H,26,28)(H,27,29)/b16-15+. The first-order valence-corrected chi connectivity index (χ1v) is 12.6. The van der Waals surface area contributed by atoms with Crippen molar-refractivity contribution in [2.24, 2.45) is 0 Å². The molecule has 2 unspecified atom stereocenters. The van der Waals surface area contributed by atoms with Gasteiger partial charge in [0.25, 0.3) is 0 Å². The predicted molar refractivity (Wildman–Crippen MR) is 129 cm³/mol. The second-order valence-electron chi connectivity index (χ2n) is 8.85. The number of alkyl carbamates (subject to hydrolysis) is 1. The summed E-state index contributed by atoms with van der Waals surface area (Å²) in [6.45, 7) is 5.22. The average molecular weight is 473 g/mol. The zero-order valence-electron chi connectivity index (χ0n) is 19.4. The maximum Gasteiger partial charge on any atom is 0.408 e. The third-order valence-electron chi connectivity index (χ3n) is 4.47. The predicted octanol–water partition coefficient (Wildman–Crippen LogP) is 3.41. The molecule has 0 radical (unpaired) electrons. The molecule has 8 heteroatoms. The summed E-state index contributed by atoms with van der Waals surface area (Å²) in [5.41, 5.74) is 1.08. The van der Waals surface area contributed by atoms with Gasteiger partial charge in [0.05, 0.1) is 6.04 Å². The van der Waals surface area contributed by atoms with Crippen LogP contribution in [0.15, 0.2) is 72.1 Å². The Kier molecular flexibility index (Phi) is 9.22. The van der Waals surface area contributed by atoms with Gasteiger partial charge in [0.15, 0.2) is 9.84 Å². The largest absolute Gasteiger partial charge is 0.444 e. The van der Waals surface area contributed by atoms with E-state index in [2.05, 4.69) is 10.6 Å². The van der Waals surface area contributed by atoms with Gasteiger partial charge in [0.1, 0.15) is 11.6 Å². The van der Waals surface area contributed by atoms with E-state index in [0.717, 1.165) is 22.8 Å². The van der Waals surface area contributed by atoms with Crippen molar-refractivity contribution in [1.82, 2.24) is 10.6 Å². The first kappa shape index (κ1) is 26.1. The fourth-order valence-corrected chi connectivity index (χ4v) is 3.54. The van der Waals surface area contributed by atoms with E-state index in [4.69, 9.17) is 4.74 Å². The van der Waals surface area contributed by atoms with E-state index >= 15 is 0 Å². The molecule has 0 saturated heterocycles. The summed E-state index contributed by atoms with van der Waals surface area (Å²) in [7, 11) is -3.38. The quantitative estimate of drug-likeness (QED) is 0.582. The molecule has 0 heterocycles. The molecule has 0 spiro atoms. The number of hydrogen-bond acceptors (Lipinski definition) is 5. The lowest BCUT2D eigenvalue weighted by atomic mass is 10.0. The molecule has 2 rings (SSSR count). The highest BCUT2D eigenvalue weighted by atomic mass is 32.2. The molecule has 2 N–H and O–H groups in total. The van der Waals surface area contributed by atoms with Gasteiger partial charge in [0, 0.05) is 18.1 Å². The topological polar surface area (TPSA) is 102 Å². The van der Waals surface area contributed by atoms with Crippen LogP contribution < -0.4 is 10.6 Å². The molecule has 0 aliphatic heterocycles. The van der Waals surface area contributed by atoms with Crippen LogP contribution in [0.5, 0.6) is 0 Å². The van der Waals surface area contributed by atoms with Crippen molar-refractivity contribution in [3.05, 3.63) is 83.3 Å². The van der Waals surface area contributed by atoms with E-state index in [0.29, 0.717) is 6.42 Å². The van der Waals surface area contributed by atoms with Crippen molar-refractivity contribution in [2.45, 2.75) is 51.3 Å². The van der Waals surface area contributed by atoms with Crippen LogP contribution in [0.4, 0.5) is 4.79 Å².